The maximum atomic E-state index is 15.0. The van der Waals surface area contributed by atoms with Crippen LogP contribution in [0.5, 0.6) is 0 Å². The number of anilines is 2. The molecule has 1 aromatic heterocycles. The Morgan fingerprint density at radius 2 is 1.51 bits per heavy atom. The van der Waals surface area contributed by atoms with E-state index >= 15 is 0 Å². The lowest BCUT2D eigenvalue weighted by Crippen LogP contribution is -2.60. The van der Waals surface area contributed by atoms with Crippen molar-refractivity contribution in [1.82, 2.24) is 30.0 Å². The SMILES string of the molecule is C=C[C@@H]1C[C@]1(NC(=O)[C@@H]1C[C@@H](n2ncc(-c3ccc(N(C)C)cc3)c(-c3ccc(N(C)C)cc3)c2=O)CN1C(=O)[C@@H](NC(=O)OC1CCCC1)C(C)(C)C)C(=O)NS(=O)(=O)C1CC1. The molecule has 17 heteroatoms. The molecule has 3 saturated carbocycles. The van der Waals surface area contributed by atoms with E-state index in [0.29, 0.717) is 29.5 Å². The van der Waals surface area contributed by atoms with Gasteiger partial charge in [0.25, 0.3) is 11.5 Å². The molecule has 0 unspecified atom stereocenters. The summed E-state index contributed by atoms with van der Waals surface area (Å²) in [6, 6.07) is 12.1. The van der Waals surface area contributed by atoms with E-state index in [1.807, 2.05) is 86.5 Å². The first-order valence-corrected chi connectivity index (χ1v) is 23.2. The molecule has 4 fully saturated rings. The number of sulfonamides is 1. The zero-order valence-corrected chi connectivity index (χ0v) is 38.0. The van der Waals surface area contributed by atoms with Gasteiger partial charge in [-0.15, -0.1) is 6.58 Å². The van der Waals surface area contributed by atoms with Crippen LogP contribution in [0.1, 0.15) is 78.2 Å². The van der Waals surface area contributed by atoms with Gasteiger partial charge in [0.2, 0.25) is 21.8 Å². The van der Waals surface area contributed by atoms with Gasteiger partial charge in [0, 0.05) is 64.0 Å². The van der Waals surface area contributed by atoms with Gasteiger partial charge in [-0.1, -0.05) is 51.1 Å². The zero-order chi connectivity index (χ0) is 45.6. The summed E-state index contributed by atoms with van der Waals surface area (Å²) >= 11 is 0. The highest BCUT2D eigenvalue weighted by Crippen LogP contribution is 2.46. The normalized spacial score (nSPS) is 22.8. The summed E-state index contributed by atoms with van der Waals surface area (Å²) in [5.74, 6) is -2.76. The fraction of sp³-hybridized carbons (Fsp3) is 0.522. The number of likely N-dealkylation sites (tertiary alicyclic amines) is 1. The quantitative estimate of drug-likeness (QED) is 0.192. The summed E-state index contributed by atoms with van der Waals surface area (Å²) < 4.78 is 34.9. The largest absolute Gasteiger partial charge is 0.446 e. The monoisotopic (exact) mass is 884 g/mol. The topological polar surface area (TPSA) is 192 Å². The molecule has 16 nitrogen and oxygen atoms in total. The second kappa shape index (κ2) is 17.5. The Morgan fingerprint density at radius 3 is 2.03 bits per heavy atom. The van der Waals surface area contributed by atoms with Crippen LogP contribution in [-0.2, 0) is 29.1 Å². The molecule has 3 aromatic rings. The number of aromatic nitrogens is 2. The number of nitrogens with one attached hydrogen (secondary N) is 3. The van der Waals surface area contributed by atoms with Gasteiger partial charge >= 0.3 is 6.09 Å². The minimum atomic E-state index is -3.95. The smallest absolute Gasteiger partial charge is 0.408 e. The lowest BCUT2D eigenvalue weighted by Gasteiger charge is -2.35. The molecule has 0 bridgehead atoms. The Kier molecular flexibility index (Phi) is 12.6. The Labute approximate surface area is 369 Å². The van der Waals surface area contributed by atoms with E-state index in [1.165, 1.54) is 15.7 Å². The summed E-state index contributed by atoms with van der Waals surface area (Å²) in [4.78, 5) is 76.9. The summed E-state index contributed by atoms with van der Waals surface area (Å²) in [6.07, 6.45) is 6.31. The second-order valence-electron chi connectivity index (χ2n) is 18.9. The summed E-state index contributed by atoms with van der Waals surface area (Å²) in [5.41, 5.74) is 1.36. The van der Waals surface area contributed by atoms with Gasteiger partial charge in [0.1, 0.15) is 23.7 Å². The first kappa shape index (κ1) is 45.3. The molecule has 2 heterocycles. The summed E-state index contributed by atoms with van der Waals surface area (Å²) in [7, 11) is 3.78. The number of hydrogen-bond donors (Lipinski definition) is 3. The highest BCUT2D eigenvalue weighted by Gasteiger charge is 2.62. The predicted octanol–water partition coefficient (Wildman–Crippen LogP) is 4.60. The van der Waals surface area contributed by atoms with Gasteiger partial charge in [0.05, 0.1) is 23.1 Å². The average molecular weight is 885 g/mol. The average Bonchev–Trinajstić information content (AvgIpc) is 4.11. The fourth-order valence-corrected chi connectivity index (χ4v) is 10.1. The van der Waals surface area contributed by atoms with Crippen molar-refractivity contribution in [3.05, 3.63) is 77.7 Å². The van der Waals surface area contributed by atoms with Crippen LogP contribution in [0.25, 0.3) is 22.3 Å². The van der Waals surface area contributed by atoms with Crippen LogP contribution in [0.3, 0.4) is 0 Å². The standard InChI is InChI=1S/C46H60N8O8S/c1-9-30-25-46(30,43(58)50-63(60,61)35-22-23-35)49-40(55)37-24-33(27-53(37)42(57)39(45(2,3)4)48-44(59)62-34-12-10-11-13-34)54-41(56)38(29-16-20-32(21-17-29)52(7)8)36(26-47-54)28-14-18-31(19-15-28)51(5)6/h9,14-21,26,30,33-35,37,39H,1,10-13,22-25,27H2,2-8H3,(H,48,59)(H,49,55)(H,50,58)/t30-,33-,37+,39-,46-/m1/s1. The van der Waals surface area contributed by atoms with Crippen LogP contribution in [0.4, 0.5) is 16.2 Å². The number of rotatable bonds is 14. The lowest BCUT2D eigenvalue weighted by molar-refractivity contribution is -0.142. The molecule has 1 saturated heterocycles. The Morgan fingerprint density at radius 1 is 0.921 bits per heavy atom. The van der Waals surface area contributed by atoms with Crippen LogP contribution in [-0.4, -0.2) is 111 Å². The number of hydrogen-bond acceptors (Lipinski definition) is 11. The van der Waals surface area contributed by atoms with Crippen molar-refractivity contribution in [3.63, 3.8) is 0 Å². The lowest BCUT2D eigenvalue weighted by atomic mass is 9.85. The van der Waals surface area contributed by atoms with Gasteiger partial charge in [0.15, 0.2) is 0 Å². The minimum absolute atomic E-state index is 0.0828. The van der Waals surface area contributed by atoms with Crippen molar-refractivity contribution in [1.29, 1.82) is 0 Å². The molecule has 338 valence electrons. The van der Waals surface area contributed by atoms with Gasteiger partial charge in [-0.2, -0.15) is 5.10 Å². The number of ether oxygens (including phenoxy) is 1. The van der Waals surface area contributed by atoms with Crippen molar-refractivity contribution in [3.8, 4) is 22.3 Å². The number of carbonyl (C=O) groups excluding carboxylic acids is 4. The fourth-order valence-electron chi connectivity index (χ4n) is 8.72. The van der Waals surface area contributed by atoms with E-state index in [-0.39, 0.29) is 25.5 Å². The van der Waals surface area contributed by atoms with E-state index in [0.717, 1.165) is 42.6 Å². The third-order valence-electron chi connectivity index (χ3n) is 12.8. The van der Waals surface area contributed by atoms with E-state index in [9.17, 15) is 32.4 Å². The maximum absolute atomic E-state index is 15.0. The molecule has 1 aliphatic heterocycles. The highest BCUT2D eigenvalue weighted by molar-refractivity contribution is 7.91. The number of carbonyl (C=O) groups is 4. The molecule has 3 aliphatic carbocycles. The number of nitrogens with zero attached hydrogens (tertiary/aromatic N) is 5. The maximum Gasteiger partial charge on any atom is 0.408 e. The molecule has 7 rings (SSSR count). The van der Waals surface area contributed by atoms with Gasteiger partial charge in [-0.3, -0.25) is 23.9 Å². The number of alkyl carbamates (subject to hydrolysis) is 1. The molecule has 0 spiro atoms. The van der Waals surface area contributed by atoms with Gasteiger partial charge < -0.3 is 30.1 Å². The zero-order valence-electron chi connectivity index (χ0n) is 37.2. The van der Waals surface area contributed by atoms with E-state index in [1.54, 1.807) is 27.0 Å². The van der Waals surface area contributed by atoms with Crippen molar-refractivity contribution in [2.24, 2.45) is 11.3 Å². The summed E-state index contributed by atoms with van der Waals surface area (Å²) in [6.45, 7) is 9.02. The molecule has 4 aliphatic rings. The Hall–Kier alpha value is -5.71. The third-order valence-corrected chi connectivity index (χ3v) is 14.6. The van der Waals surface area contributed by atoms with Crippen molar-refractivity contribution in [2.75, 3.05) is 44.5 Å². The van der Waals surface area contributed by atoms with Crippen LogP contribution in [0.15, 0.2) is 72.2 Å². The first-order valence-electron chi connectivity index (χ1n) is 21.7. The summed E-state index contributed by atoms with van der Waals surface area (Å²) in [5, 5.41) is 9.62. The first-order chi connectivity index (χ1) is 29.7. The molecular weight excluding hydrogens is 825 g/mol. The molecular formula is C46H60N8O8S. The van der Waals surface area contributed by atoms with E-state index in [2.05, 4.69) is 21.9 Å². The molecule has 2 aromatic carbocycles. The molecule has 3 N–H and O–H groups in total. The van der Waals surface area contributed by atoms with Crippen LogP contribution >= 0.6 is 0 Å². The van der Waals surface area contributed by atoms with Crippen molar-refractivity contribution < 1.29 is 32.3 Å². The molecule has 0 radical (unpaired) electrons. The molecule has 4 amide bonds. The Bertz CT molecular complexity index is 2420. The van der Waals surface area contributed by atoms with E-state index < -0.39 is 79.6 Å². The Balaban J connectivity index is 1.27. The van der Waals surface area contributed by atoms with Crippen molar-refractivity contribution in [2.45, 2.75) is 107 Å². The van der Waals surface area contributed by atoms with Crippen LogP contribution in [0.2, 0.25) is 0 Å². The van der Waals surface area contributed by atoms with Gasteiger partial charge in [-0.05, 0) is 85.8 Å². The minimum Gasteiger partial charge on any atom is -0.446 e. The van der Waals surface area contributed by atoms with Crippen LogP contribution in [0, 0.1) is 11.3 Å². The second-order valence-corrected chi connectivity index (χ2v) is 20.9. The highest BCUT2D eigenvalue weighted by atomic mass is 32.2. The molecule has 5 atom stereocenters. The van der Waals surface area contributed by atoms with Gasteiger partial charge in [-0.25, -0.2) is 17.9 Å². The number of amides is 4. The van der Waals surface area contributed by atoms with Crippen LogP contribution < -0.4 is 30.7 Å². The molecule has 63 heavy (non-hydrogen) atoms. The van der Waals surface area contributed by atoms with Crippen molar-refractivity contribution >= 4 is 45.2 Å². The number of benzene rings is 2. The third kappa shape index (κ3) is 9.48. The predicted molar refractivity (Wildman–Crippen MR) is 242 cm³/mol. The van der Waals surface area contributed by atoms with E-state index in [4.69, 9.17) is 9.84 Å².